The molecule has 0 heterocycles. The summed E-state index contributed by atoms with van der Waals surface area (Å²) in [6.45, 7) is 2.37. The van der Waals surface area contributed by atoms with Crippen LogP contribution in [0.1, 0.15) is 89.5 Å². The molecule has 200 valence electrons. The highest BCUT2D eigenvalue weighted by Gasteiger charge is 2.36. The van der Waals surface area contributed by atoms with Gasteiger partial charge in [-0.25, -0.2) is 8.78 Å². The van der Waals surface area contributed by atoms with Gasteiger partial charge in [0.05, 0.1) is 5.92 Å². The third kappa shape index (κ3) is 7.10. The Morgan fingerprint density at radius 1 is 0.778 bits per heavy atom. The average Bonchev–Trinajstić information content (AvgIpc) is 2.83. The Morgan fingerprint density at radius 3 is 1.64 bits per heavy atom. The first-order chi connectivity index (χ1) is 17.1. The molecule has 3 aliphatic rings. The summed E-state index contributed by atoms with van der Waals surface area (Å²) in [6, 6.07) is 1.52. The van der Waals surface area contributed by atoms with Gasteiger partial charge in [0.15, 0.2) is 0 Å². The van der Waals surface area contributed by atoms with Gasteiger partial charge in [-0.05, 0) is 99.9 Å². The maximum absolute atomic E-state index is 14.1. The van der Waals surface area contributed by atoms with Gasteiger partial charge >= 0.3 is 12.1 Å². The number of carbonyl (C=O) groups excluding carboxylic acids is 1. The largest absolute Gasteiger partial charge is 0.426 e. The molecular weight excluding hydrogens is 475 g/mol. The molecule has 0 radical (unpaired) electrons. The lowest BCUT2D eigenvalue weighted by Gasteiger charge is -2.41. The molecule has 0 N–H and O–H groups in total. The maximum Gasteiger partial charge on any atom is 0.409 e. The average molecular weight is 513 g/mol. The van der Waals surface area contributed by atoms with Crippen molar-refractivity contribution in [3.8, 4) is 5.75 Å². The minimum Gasteiger partial charge on any atom is -0.426 e. The number of hydrogen-bond acceptors (Lipinski definition) is 2. The molecule has 1 aromatic carbocycles. The van der Waals surface area contributed by atoms with Crippen molar-refractivity contribution in [1.82, 2.24) is 0 Å². The van der Waals surface area contributed by atoms with Crippen LogP contribution in [0.3, 0.4) is 0 Å². The number of halogens is 5. The van der Waals surface area contributed by atoms with E-state index in [2.05, 4.69) is 6.92 Å². The predicted molar refractivity (Wildman–Crippen MR) is 129 cm³/mol. The summed E-state index contributed by atoms with van der Waals surface area (Å²) in [4.78, 5) is 12.6. The quantitative estimate of drug-likeness (QED) is 0.224. The monoisotopic (exact) mass is 512 g/mol. The lowest BCUT2D eigenvalue weighted by Crippen LogP contribution is -2.31. The van der Waals surface area contributed by atoms with E-state index in [9.17, 15) is 26.7 Å². The van der Waals surface area contributed by atoms with E-state index >= 15 is 0 Å². The van der Waals surface area contributed by atoms with Gasteiger partial charge in [0.1, 0.15) is 17.4 Å². The molecule has 0 amide bonds. The van der Waals surface area contributed by atoms with Crippen LogP contribution in [0.15, 0.2) is 18.2 Å². The Kier molecular flexibility index (Phi) is 8.77. The van der Waals surface area contributed by atoms with Crippen LogP contribution in [-0.2, 0) is 4.79 Å². The van der Waals surface area contributed by atoms with E-state index in [-0.39, 0.29) is 17.7 Å². The number of benzene rings is 1. The highest BCUT2D eigenvalue weighted by atomic mass is 19.4. The normalized spacial score (nSPS) is 31.9. The summed E-state index contributed by atoms with van der Waals surface area (Å²) >= 11 is 0. The minimum absolute atomic E-state index is 0.235. The van der Waals surface area contributed by atoms with Crippen molar-refractivity contribution in [3.05, 3.63) is 35.4 Å². The molecular formula is C29H37F5O2. The molecule has 2 nitrogen and oxygen atoms in total. The highest BCUT2D eigenvalue weighted by molar-refractivity contribution is 5.75. The molecule has 0 saturated heterocycles. The van der Waals surface area contributed by atoms with Crippen LogP contribution in [0.2, 0.25) is 0 Å². The fraction of sp³-hybridized carbons (Fsp3) is 0.690. The molecule has 1 aromatic rings. The van der Waals surface area contributed by atoms with Crippen LogP contribution in [0.5, 0.6) is 5.75 Å². The van der Waals surface area contributed by atoms with Crippen LogP contribution < -0.4 is 4.74 Å². The van der Waals surface area contributed by atoms with Gasteiger partial charge < -0.3 is 4.74 Å². The Morgan fingerprint density at radius 2 is 1.19 bits per heavy atom. The van der Waals surface area contributed by atoms with E-state index in [1.165, 1.54) is 51.4 Å². The smallest absolute Gasteiger partial charge is 0.409 e. The summed E-state index contributed by atoms with van der Waals surface area (Å²) in [6.07, 6.45) is 9.49. The maximum atomic E-state index is 14.1. The van der Waals surface area contributed by atoms with Gasteiger partial charge in [0.25, 0.3) is 0 Å². The second kappa shape index (κ2) is 11.6. The number of alkyl halides is 3. The van der Waals surface area contributed by atoms with E-state index < -0.39 is 29.3 Å². The topological polar surface area (TPSA) is 26.3 Å². The molecule has 0 unspecified atom stereocenters. The minimum atomic E-state index is -4.68. The molecule has 0 bridgehead atoms. The Balaban J connectivity index is 1.24. The van der Waals surface area contributed by atoms with E-state index in [0.717, 1.165) is 48.6 Å². The summed E-state index contributed by atoms with van der Waals surface area (Å²) in [5.74, 6) is 0.443. The van der Waals surface area contributed by atoms with E-state index in [1.807, 2.05) is 0 Å². The second-order valence-corrected chi connectivity index (χ2v) is 11.4. The zero-order valence-electron chi connectivity index (χ0n) is 21.0. The lowest BCUT2D eigenvalue weighted by atomic mass is 9.65. The first kappa shape index (κ1) is 27.1. The number of carbonyl (C=O) groups is 1. The molecule has 0 aliphatic heterocycles. The molecule has 0 atom stereocenters. The number of rotatable bonds is 5. The van der Waals surface area contributed by atoms with Crippen LogP contribution in [0.4, 0.5) is 22.0 Å². The molecule has 7 heteroatoms. The first-order valence-corrected chi connectivity index (χ1v) is 13.6. The fourth-order valence-corrected chi connectivity index (χ4v) is 6.83. The van der Waals surface area contributed by atoms with E-state index in [0.29, 0.717) is 24.8 Å². The highest BCUT2D eigenvalue weighted by Crippen LogP contribution is 2.46. The van der Waals surface area contributed by atoms with Gasteiger partial charge in [-0.3, -0.25) is 4.79 Å². The molecule has 3 saturated carbocycles. The van der Waals surface area contributed by atoms with Crippen LogP contribution in [0, 0.1) is 47.1 Å². The molecule has 3 aliphatic carbocycles. The summed E-state index contributed by atoms with van der Waals surface area (Å²) in [5, 5.41) is 0. The predicted octanol–water partition coefficient (Wildman–Crippen LogP) is 8.88. The fourth-order valence-electron chi connectivity index (χ4n) is 6.83. The Hall–Kier alpha value is -1.92. The summed E-state index contributed by atoms with van der Waals surface area (Å²) in [5.41, 5.74) is -0.819. The number of ether oxygens (including phenoxy) is 1. The van der Waals surface area contributed by atoms with Crippen molar-refractivity contribution in [2.45, 2.75) is 90.1 Å². The molecule has 4 rings (SSSR count). The van der Waals surface area contributed by atoms with Crippen molar-refractivity contribution in [2.75, 3.05) is 0 Å². The Bertz CT molecular complexity index is 893. The third-order valence-corrected chi connectivity index (χ3v) is 9.03. The summed E-state index contributed by atoms with van der Waals surface area (Å²) in [7, 11) is 0. The Labute approximate surface area is 210 Å². The second-order valence-electron chi connectivity index (χ2n) is 11.4. The van der Waals surface area contributed by atoms with Gasteiger partial charge in [-0.1, -0.05) is 19.8 Å². The van der Waals surface area contributed by atoms with Gasteiger partial charge in [0, 0.05) is 23.8 Å². The van der Waals surface area contributed by atoms with Crippen molar-refractivity contribution in [2.24, 2.45) is 35.5 Å². The van der Waals surface area contributed by atoms with E-state index in [4.69, 9.17) is 4.74 Å². The zero-order valence-corrected chi connectivity index (χ0v) is 21.0. The molecule has 36 heavy (non-hydrogen) atoms. The number of hydrogen-bond donors (Lipinski definition) is 0. The first-order valence-electron chi connectivity index (χ1n) is 13.6. The van der Waals surface area contributed by atoms with Crippen LogP contribution in [-0.4, -0.2) is 12.1 Å². The lowest BCUT2D eigenvalue weighted by molar-refractivity contribution is -0.140. The van der Waals surface area contributed by atoms with Crippen molar-refractivity contribution in [3.63, 3.8) is 0 Å². The van der Waals surface area contributed by atoms with Gasteiger partial charge in [-0.2, -0.15) is 13.2 Å². The molecule has 3 fully saturated rings. The number of allylic oxidation sites excluding steroid dienone is 1. The number of esters is 1. The third-order valence-electron chi connectivity index (χ3n) is 9.03. The van der Waals surface area contributed by atoms with Crippen molar-refractivity contribution < 1.29 is 31.5 Å². The standard InChI is InChI=1S/C29H37F5O2/c1-18-2-4-19(5-3-18)20-6-8-21(9-7-20)22-10-12-23(13-11-22)28(35)36-24-16-26(30)25(27(31)17-24)14-15-29(32,33)34/h14-23H,2-13H2,1H3/b15-14+. The van der Waals surface area contributed by atoms with Crippen molar-refractivity contribution in [1.29, 1.82) is 0 Å². The van der Waals surface area contributed by atoms with Gasteiger partial charge in [-0.15, -0.1) is 0 Å². The van der Waals surface area contributed by atoms with Crippen LogP contribution in [0.25, 0.3) is 6.08 Å². The SMILES string of the molecule is CC1CCC(C2CCC(C3CCC(C(=O)Oc4cc(F)c(/C=C/C(F)(F)F)c(F)c4)CC3)CC2)CC1. The van der Waals surface area contributed by atoms with Crippen molar-refractivity contribution >= 4 is 12.0 Å². The zero-order chi connectivity index (χ0) is 25.9. The molecule has 0 spiro atoms. The van der Waals surface area contributed by atoms with Gasteiger partial charge in [0.2, 0.25) is 0 Å². The summed E-state index contributed by atoms with van der Waals surface area (Å²) < 4.78 is 70.5. The van der Waals surface area contributed by atoms with E-state index in [1.54, 1.807) is 0 Å². The molecule has 0 aromatic heterocycles. The van der Waals surface area contributed by atoms with Crippen LogP contribution >= 0.6 is 0 Å².